The van der Waals surface area contributed by atoms with Gasteiger partial charge in [0.05, 0.1) is 16.9 Å². The van der Waals surface area contributed by atoms with Crippen LogP contribution in [0.25, 0.3) is 11.1 Å². The summed E-state index contributed by atoms with van der Waals surface area (Å²) in [5, 5.41) is 24.7. The van der Waals surface area contributed by atoms with Crippen molar-refractivity contribution in [1.82, 2.24) is 5.32 Å². The van der Waals surface area contributed by atoms with E-state index in [-0.39, 0.29) is 24.6 Å². The summed E-state index contributed by atoms with van der Waals surface area (Å²) >= 11 is 0. The summed E-state index contributed by atoms with van der Waals surface area (Å²) in [5.74, 6) is -1.67. The monoisotopic (exact) mass is 431 g/mol. The first-order valence-corrected chi connectivity index (χ1v) is 9.99. The number of carboxylic acids is 1. The third kappa shape index (κ3) is 4.29. The zero-order valence-electron chi connectivity index (χ0n) is 16.9. The van der Waals surface area contributed by atoms with Gasteiger partial charge in [0.15, 0.2) is 0 Å². The van der Waals surface area contributed by atoms with E-state index in [0.717, 1.165) is 22.3 Å². The fraction of sp³-hybridized carbons (Fsp3) is 0.167. The fourth-order valence-corrected chi connectivity index (χ4v) is 4.01. The van der Waals surface area contributed by atoms with Crippen molar-refractivity contribution in [1.29, 1.82) is 0 Å². The van der Waals surface area contributed by atoms with Gasteiger partial charge in [0, 0.05) is 18.1 Å². The summed E-state index contributed by atoms with van der Waals surface area (Å²) in [4.78, 5) is 34.3. The molecule has 0 aliphatic heterocycles. The lowest BCUT2D eigenvalue weighted by molar-refractivity contribution is -0.384. The quantitative estimate of drug-likeness (QED) is 0.453. The number of rotatable bonds is 7. The molecule has 4 rings (SSSR count). The Balaban J connectivity index is 1.43. The molecule has 0 heterocycles. The van der Waals surface area contributed by atoms with Crippen LogP contribution in [0.5, 0.6) is 0 Å². The summed E-state index contributed by atoms with van der Waals surface area (Å²) in [7, 11) is 0. The standard InChI is InChI=1S/C24H20N2O6/c27-23(28)22(13-15-6-5-7-16(12-15)26(30)31)25-24(29)32-14-21-19-10-3-1-8-17(19)18-9-2-4-11-20(18)21/h1-12,21-22H,13-14H2,(H,25,29)(H,27,28)/p-1/t22-/m0/s1. The van der Waals surface area contributed by atoms with Crippen molar-refractivity contribution in [3.05, 3.63) is 99.6 Å². The van der Waals surface area contributed by atoms with Crippen molar-refractivity contribution in [2.75, 3.05) is 6.61 Å². The Labute approximate surface area is 183 Å². The Hall–Kier alpha value is -4.20. The van der Waals surface area contributed by atoms with Gasteiger partial charge in [-0.1, -0.05) is 60.7 Å². The lowest BCUT2D eigenvalue weighted by atomic mass is 9.98. The number of carbonyl (C=O) groups is 2. The van der Waals surface area contributed by atoms with Crippen molar-refractivity contribution >= 4 is 17.7 Å². The number of nitro benzene ring substituents is 1. The fourth-order valence-electron chi connectivity index (χ4n) is 4.01. The van der Waals surface area contributed by atoms with Crippen LogP contribution in [0.1, 0.15) is 22.6 Å². The van der Waals surface area contributed by atoms with Gasteiger partial charge >= 0.3 is 6.09 Å². The number of carbonyl (C=O) groups excluding carboxylic acids is 2. The SMILES string of the molecule is O=C(N[C@@H](Cc1cccc([N+](=O)[O-])c1)C(=O)[O-])OCC1c2ccccc2-c2ccccc21. The van der Waals surface area contributed by atoms with Crippen LogP contribution in [-0.4, -0.2) is 29.6 Å². The van der Waals surface area contributed by atoms with Crippen molar-refractivity contribution in [3.8, 4) is 11.1 Å². The van der Waals surface area contributed by atoms with Crippen LogP contribution in [-0.2, 0) is 16.0 Å². The second kappa shape index (κ2) is 8.89. The zero-order valence-corrected chi connectivity index (χ0v) is 16.9. The molecule has 1 aliphatic carbocycles. The van der Waals surface area contributed by atoms with Crippen molar-refractivity contribution in [2.24, 2.45) is 0 Å². The number of nitro groups is 1. The average molecular weight is 431 g/mol. The van der Waals surface area contributed by atoms with Gasteiger partial charge in [0.25, 0.3) is 5.69 Å². The number of benzene rings is 3. The minimum absolute atomic E-state index is 0.0381. The van der Waals surface area contributed by atoms with Crippen LogP contribution < -0.4 is 10.4 Å². The smallest absolute Gasteiger partial charge is 0.407 e. The molecule has 1 N–H and O–H groups in total. The summed E-state index contributed by atoms with van der Waals surface area (Å²) in [6.07, 6.45) is -1.07. The van der Waals surface area contributed by atoms with Gasteiger partial charge in [-0.05, 0) is 34.2 Å². The first kappa shape index (κ1) is 21.0. The molecule has 0 bridgehead atoms. The first-order valence-electron chi connectivity index (χ1n) is 9.99. The van der Waals surface area contributed by atoms with E-state index in [1.165, 1.54) is 18.2 Å². The van der Waals surface area contributed by atoms with Crippen molar-refractivity contribution in [2.45, 2.75) is 18.4 Å². The maximum absolute atomic E-state index is 12.4. The van der Waals surface area contributed by atoms with E-state index in [4.69, 9.17) is 4.74 Å². The van der Waals surface area contributed by atoms with Crippen LogP contribution in [0.3, 0.4) is 0 Å². The number of alkyl carbamates (subject to hydrolysis) is 1. The van der Waals surface area contributed by atoms with Crippen LogP contribution in [0, 0.1) is 10.1 Å². The molecular weight excluding hydrogens is 412 g/mol. The maximum Gasteiger partial charge on any atom is 0.407 e. The highest BCUT2D eigenvalue weighted by Crippen LogP contribution is 2.44. The molecular formula is C24H19N2O6-. The molecule has 32 heavy (non-hydrogen) atoms. The highest BCUT2D eigenvalue weighted by Gasteiger charge is 2.29. The summed E-state index contributed by atoms with van der Waals surface area (Å²) < 4.78 is 5.37. The van der Waals surface area contributed by atoms with E-state index in [0.29, 0.717) is 5.56 Å². The minimum Gasteiger partial charge on any atom is -0.548 e. The molecule has 3 aromatic rings. The van der Waals surface area contributed by atoms with Gasteiger partial charge in [-0.3, -0.25) is 10.1 Å². The topological polar surface area (TPSA) is 122 Å². The van der Waals surface area contributed by atoms with Crippen molar-refractivity contribution < 1.29 is 24.4 Å². The minimum atomic E-state index is -1.51. The van der Waals surface area contributed by atoms with Gasteiger partial charge in [0.1, 0.15) is 6.61 Å². The molecule has 0 radical (unpaired) electrons. The average Bonchev–Trinajstić information content (AvgIpc) is 3.11. The molecule has 1 amide bonds. The normalized spacial score (nSPS) is 13.0. The van der Waals surface area contributed by atoms with Gasteiger partial charge in [-0.2, -0.15) is 0 Å². The highest BCUT2D eigenvalue weighted by molar-refractivity contribution is 5.80. The summed E-state index contributed by atoms with van der Waals surface area (Å²) in [6, 6.07) is 19.9. The molecule has 8 nitrogen and oxygen atoms in total. The third-order valence-electron chi connectivity index (χ3n) is 5.48. The Morgan fingerprint density at radius 3 is 2.19 bits per heavy atom. The number of non-ortho nitro benzene ring substituents is 1. The Bertz CT molecular complexity index is 1150. The second-order valence-electron chi connectivity index (χ2n) is 7.47. The number of carboxylic acid groups (broad SMARTS) is 1. The molecule has 162 valence electrons. The zero-order chi connectivity index (χ0) is 22.7. The van der Waals surface area contributed by atoms with Crippen LogP contribution in [0.15, 0.2) is 72.8 Å². The Kier molecular flexibility index (Phi) is 5.85. The number of aliphatic carboxylic acids is 1. The van der Waals surface area contributed by atoms with Crippen LogP contribution in [0.2, 0.25) is 0 Å². The molecule has 0 spiro atoms. The number of hydrogen-bond donors (Lipinski definition) is 1. The number of ether oxygens (including phenoxy) is 1. The predicted octanol–water partition coefficient (Wildman–Crippen LogP) is 2.79. The molecule has 0 aromatic heterocycles. The predicted molar refractivity (Wildman–Crippen MR) is 114 cm³/mol. The lowest BCUT2D eigenvalue weighted by Gasteiger charge is -2.21. The van der Waals surface area contributed by atoms with Crippen molar-refractivity contribution in [3.63, 3.8) is 0 Å². The molecule has 3 aromatic carbocycles. The number of nitrogens with zero attached hydrogens (tertiary/aromatic N) is 1. The molecule has 0 saturated heterocycles. The largest absolute Gasteiger partial charge is 0.548 e. The van der Waals surface area contributed by atoms with Gasteiger partial charge in [-0.25, -0.2) is 4.79 Å². The van der Waals surface area contributed by atoms with E-state index < -0.39 is 23.0 Å². The Morgan fingerprint density at radius 2 is 1.59 bits per heavy atom. The highest BCUT2D eigenvalue weighted by atomic mass is 16.6. The summed E-state index contributed by atoms with van der Waals surface area (Å²) in [6.45, 7) is 0.0381. The van der Waals surface area contributed by atoms with Gasteiger partial charge in [0.2, 0.25) is 0 Å². The first-order chi connectivity index (χ1) is 15.4. The van der Waals surface area contributed by atoms with E-state index >= 15 is 0 Å². The molecule has 1 atom stereocenters. The Morgan fingerprint density at radius 1 is 0.969 bits per heavy atom. The lowest BCUT2D eigenvalue weighted by Crippen LogP contribution is -2.49. The van der Waals surface area contributed by atoms with Crippen LogP contribution >= 0.6 is 0 Å². The van der Waals surface area contributed by atoms with Crippen LogP contribution in [0.4, 0.5) is 10.5 Å². The molecule has 0 saturated carbocycles. The number of hydrogen-bond acceptors (Lipinski definition) is 6. The van der Waals surface area contributed by atoms with E-state index in [1.54, 1.807) is 6.07 Å². The number of amides is 1. The van der Waals surface area contributed by atoms with E-state index in [9.17, 15) is 24.8 Å². The molecule has 8 heteroatoms. The molecule has 0 unspecified atom stereocenters. The molecule has 0 fully saturated rings. The molecule has 1 aliphatic rings. The summed E-state index contributed by atoms with van der Waals surface area (Å²) in [5.41, 5.74) is 4.45. The van der Waals surface area contributed by atoms with E-state index in [2.05, 4.69) is 5.32 Å². The van der Waals surface area contributed by atoms with E-state index in [1.807, 2.05) is 48.5 Å². The number of fused-ring (bicyclic) bond motifs is 3. The third-order valence-corrected chi connectivity index (χ3v) is 5.48. The van der Waals surface area contributed by atoms with Gasteiger partial charge < -0.3 is 20.0 Å². The maximum atomic E-state index is 12.4. The van der Waals surface area contributed by atoms with Gasteiger partial charge in [-0.15, -0.1) is 0 Å². The number of nitrogens with one attached hydrogen (secondary N) is 1. The second-order valence-corrected chi connectivity index (χ2v) is 7.47.